The summed E-state index contributed by atoms with van der Waals surface area (Å²) in [6, 6.07) is 18.3. The lowest BCUT2D eigenvalue weighted by molar-refractivity contribution is -0.123. The van der Waals surface area contributed by atoms with E-state index in [1.54, 1.807) is 0 Å². The molecule has 0 radical (unpaired) electrons. The van der Waals surface area contributed by atoms with Crippen LogP contribution in [-0.2, 0) is 16.6 Å². The maximum Gasteiger partial charge on any atom is 0.257 e. The van der Waals surface area contributed by atoms with Crippen molar-refractivity contribution in [3.8, 4) is 5.75 Å². The first kappa shape index (κ1) is 15.6. The Labute approximate surface area is 137 Å². The quantitative estimate of drug-likeness (QED) is 0.850. The van der Waals surface area contributed by atoms with Crippen molar-refractivity contribution < 1.29 is 9.53 Å². The maximum absolute atomic E-state index is 12.0. The van der Waals surface area contributed by atoms with Crippen molar-refractivity contribution >= 4 is 5.91 Å². The van der Waals surface area contributed by atoms with Crippen molar-refractivity contribution in [1.82, 2.24) is 5.32 Å². The van der Waals surface area contributed by atoms with E-state index in [2.05, 4.69) is 36.5 Å². The Hall–Kier alpha value is -2.29. The highest BCUT2D eigenvalue weighted by Crippen LogP contribution is 2.47. The van der Waals surface area contributed by atoms with Gasteiger partial charge in [-0.05, 0) is 42.5 Å². The van der Waals surface area contributed by atoms with Crippen LogP contribution < -0.4 is 10.1 Å². The fraction of sp³-hybridized carbons (Fsp3) is 0.350. The third-order valence-electron chi connectivity index (χ3n) is 4.57. The predicted molar refractivity (Wildman–Crippen MR) is 91.7 cm³/mol. The molecule has 0 aromatic heterocycles. The van der Waals surface area contributed by atoms with Crippen LogP contribution in [0.3, 0.4) is 0 Å². The Morgan fingerprint density at radius 2 is 1.78 bits per heavy atom. The topological polar surface area (TPSA) is 38.3 Å². The van der Waals surface area contributed by atoms with Crippen LogP contribution in [0.25, 0.3) is 0 Å². The number of amides is 1. The summed E-state index contributed by atoms with van der Waals surface area (Å²) in [5.74, 6) is 0.674. The maximum atomic E-state index is 12.0. The summed E-state index contributed by atoms with van der Waals surface area (Å²) in [6.07, 6.45) is 3.27. The summed E-state index contributed by atoms with van der Waals surface area (Å²) in [6.45, 7) is 2.87. The van der Waals surface area contributed by atoms with E-state index in [9.17, 15) is 4.79 Å². The van der Waals surface area contributed by atoms with Crippen LogP contribution in [0.1, 0.15) is 30.9 Å². The normalized spacial score (nSPS) is 15.0. The molecular formula is C20H23NO2. The molecule has 1 fully saturated rings. The van der Waals surface area contributed by atoms with E-state index in [-0.39, 0.29) is 17.9 Å². The van der Waals surface area contributed by atoms with Crippen molar-refractivity contribution in [3.05, 3.63) is 65.7 Å². The molecule has 0 unspecified atom stereocenters. The Bertz CT molecular complexity index is 645. The molecule has 1 saturated carbocycles. The molecule has 0 heterocycles. The molecule has 3 nitrogen and oxygen atoms in total. The van der Waals surface area contributed by atoms with Gasteiger partial charge in [0.2, 0.25) is 0 Å². The molecule has 0 atom stereocenters. The second-order valence-corrected chi connectivity index (χ2v) is 6.21. The van der Waals surface area contributed by atoms with Gasteiger partial charge in [-0.15, -0.1) is 0 Å². The zero-order valence-corrected chi connectivity index (χ0v) is 13.5. The van der Waals surface area contributed by atoms with Crippen molar-refractivity contribution in [1.29, 1.82) is 0 Å². The Morgan fingerprint density at radius 3 is 2.39 bits per heavy atom. The number of hydrogen-bond acceptors (Lipinski definition) is 2. The first-order valence-corrected chi connectivity index (χ1v) is 8.26. The molecule has 0 bridgehead atoms. The van der Waals surface area contributed by atoms with Gasteiger partial charge in [0.1, 0.15) is 5.75 Å². The summed E-state index contributed by atoms with van der Waals surface area (Å²) in [5.41, 5.74) is 2.72. The molecule has 3 rings (SSSR count). The van der Waals surface area contributed by atoms with E-state index in [0.29, 0.717) is 6.54 Å². The van der Waals surface area contributed by atoms with Crippen LogP contribution in [0, 0.1) is 0 Å². The Kier molecular flexibility index (Phi) is 4.65. The standard InChI is InChI=1S/C20H23NO2/c1-2-16-8-10-18(11-9-16)23-14-19(22)21-15-20(12-13-20)17-6-4-3-5-7-17/h3-11H,2,12-15H2,1H3,(H,21,22). The van der Waals surface area contributed by atoms with Gasteiger partial charge in [-0.3, -0.25) is 4.79 Å². The smallest absolute Gasteiger partial charge is 0.257 e. The van der Waals surface area contributed by atoms with Crippen molar-refractivity contribution in [3.63, 3.8) is 0 Å². The summed E-state index contributed by atoms with van der Waals surface area (Å²) in [7, 11) is 0. The highest BCUT2D eigenvalue weighted by molar-refractivity contribution is 5.77. The molecular weight excluding hydrogens is 286 g/mol. The van der Waals surface area contributed by atoms with E-state index in [4.69, 9.17) is 4.74 Å². The lowest BCUT2D eigenvalue weighted by atomic mass is 9.96. The van der Waals surface area contributed by atoms with Gasteiger partial charge in [0.15, 0.2) is 6.61 Å². The number of rotatable bonds is 7. The van der Waals surface area contributed by atoms with Gasteiger partial charge in [0, 0.05) is 12.0 Å². The summed E-state index contributed by atoms with van der Waals surface area (Å²) in [5, 5.41) is 3.01. The van der Waals surface area contributed by atoms with Crippen molar-refractivity contribution in [2.75, 3.05) is 13.2 Å². The molecule has 2 aromatic rings. The van der Waals surface area contributed by atoms with Crippen LogP contribution in [0.5, 0.6) is 5.75 Å². The molecule has 3 heteroatoms. The Morgan fingerprint density at radius 1 is 1.09 bits per heavy atom. The number of aryl methyl sites for hydroxylation is 1. The minimum atomic E-state index is -0.0632. The van der Waals surface area contributed by atoms with Gasteiger partial charge < -0.3 is 10.1 Å². The zero-order chi connectivity index (χ0) is 16.1. The molecule has 0 saturated heterocycles. The zero-order valence-electron chi connectivity index (χ0n) is 13.5. The average Bonchev–Trinajstić information content (AvgIpc) is 3.41. The lowest BCUT2D eigenvalue weighted by Gasteiger charge is -2.16. The fourth-order valence-corrected chi connectivity index (χ4v) is 2.80. The molecule has 1 aliphatic carbocycles. The highest BCUT2D eigenvalue weighted by atomic mass is 16.5. The number of carbonyl (C=O) groups is 1. The highest BCUT2D eigenvalue weighted by Gasteiger charge is 2.44. The van der Waals surface area contributed by atoms with Crippen LogP contribution in [0.15, 0.2) is 54.6 Å². The average molecular weight is 309 g/mol. The second-order valence-electron chi connectivity index (χ2n) is 6.21. The summed E-state index contributed by atoms with van der Waals surface area (Å²) < 4.78 is 5.55. The van der Waals surface area contributed by atoms with Gasteiger partial charge in [-0.2, -0.15) is 0 Å². The van der Waals surface area contributed by atoms with Crippen LogP contribution >= 0.6 is 0 Å². The third-order valence-corrected chi connectivity index (χ3v) is 4.57. The Balaban J connectivity index is 1.46. The number of nitrogens with one attached hydrogen (secondary N) is 1. The van der Waals surface area contributed by atoms with Crippen LogP contribution in [-0.4, -0.2) is 19.1 Å². The van der Waals surface area contributed by atoms with Crippen molar-refractivity contribution in [2.45, 2.75) is 31.6 Å². The van der Waals surface area contributed by atoms with E-state index in [0.717, 1.165) is 25.0 Å². The van der Waals surface area contributed by atoms with E-state index >= 15 is 0 Å². The van der Waals surface area contributed by atoms with Gasteiger partial charge in [0.25, 0.3) is 5.91 Å². The number of benzene rings is 2. The first-order chi connectivity index (χ1) is 11.2. The second kappa shape index (κ2) is 6.86. The van der Waals surface area contributed by atoms with Crippen LogP contribution in [0.2, 0.25) is 0 Å². The largest absolute Gasteiger partial charge is 0.484 e. The fourth-order valence-electron chi connectivity index (χ4n) is 2.80. The molecule has 120 valence electrons. The van der Waals surface area contributed by atoms with E-state index in [1.165, 1.54) is 11.1 Å². The van der Waals surface area contributed by atoms with Gasteiger partial charge in [-0.25, -0.2) is 0 Å². The summed E-state index contributed by atoms with van der Waals surface area (Å²) in [4.78, 5) is 12.0. The van der Waals surface area contributed by atoms with Gasteiger partial charge in [0.05, 0.1) is 0 Å². The van der Waals surface area contributed by atoms with Crippen LogP contribution in [0.4, 0.5) is 0 Å². The predicted octanol–water partition coefficient (Wildman–Crippen LogP) is 3.48. The van der Waals surface area contributed by atoms with Gasteiger partial charge >= 0.3 is 0 Å². The van der Waals surface area contributed by atoms with E-state index < -0.39 is 0 Å². The lowest BCUT2D eigenvalue weighted by Crippen LogP contribution is -2.35. The molecule has 1 aliphatic rings. The monoisotopic (exact) mass is 309 g/mol. The minimum absolute atomic E-state index is 0.0632. The molecule has 1 N–H and O–H groups in total. The molecule has 23 heavy (non-hydrogen) atoms. The van der Waals surface area contributed by atoms with Gasteiger partial charge in [-0.1, -0.05) is 49.4 Å². The molecule has 0 aliphatic heterocycles. The molecule has 0 spiro atoms. The number of hydrogen-bond donors (Lipinski definition) is 1. The third kappa shape index (κ3) is 3.92. The number of carbonyl (C=O) groups excluding carboxylic acids is 1. The van der Waals surface area contributed by atoms with E-state index in [1.807, 2.05) is 30.3 Å². The molecule has 2 aromatic carbocycles. The number of ether oxygens (including phenoxy) is 1. The first-order valence-electron chi connectivity index (χ1n) is 8.26. The minimum Gasteiger partial charge on any atom is -0.484 e. The van der Waals surface area contributed by atoms with Crippen molar-refractivity contribution in [2.24, 2.45) is 0 Å². The summed E-state index contributed by atoms with van der Waals surface area (Å²) >= 11 is 0. The molecule has 1 amide bonds. The SMILES string of the molecule is CCc1ccc(OCC(=O)NCC2(c3ccccc3)CC2)cc1.